The van der Waals surface area contributed by atoms with Gasteiger partial charge in [0.05, 0.1) is 20.3 Å². The van der Waals surface area contributed by atoms with Crippen LogP contribution in [0.5, 0.6) is 0 Å². The first-order valence-corrected chi connectivity index (χ1v) is 7.96. The highest BCUT2D eigenvalue weighted by atomic mass is 127. The molecule has 0 aromatic heterocycles. The number of nitrogens with zero attached hydrogens (tertiary/aromatic N) is 2. The van der Waals surface area contributed by atoms with Gasteiger partial charge in [-0.2, -0.15) is 0 Å². The van der Waals surface area contributed by atoms with Gasteiger partial charge in [-0.1, -0.05) is 42.5 Å². The molecule has 114 valence electrons. The normalized spacial score (nSPS) is 24.6. The van der Waals surface area contributed by atoms with Crippen LogP contribution in [0.25, 0.3) is 0 Å². The first-order chi connectivity index (χ1) is 9.54. The SMILES string of the molecule is COC1=N[C@H](C(C)C)C(OC)=N[C@H]1C(O)CC/C=C/I. The number of hydrogen-bond donors (Lipinski definition) is 1. The maximum Gasteiger partial charge on any atom is 0.212 e. The largest absolute Gasteiger partial charge is 0.483 e. The van der Waals surface area contributed by atoms with Crippen molar-refractivity contribution in [3.8, 4) is 0 Å². The Morgan fingerprint density at radius 2 is 1.75 bits per heavy atom. The van der Waals surface area contributed by atoms with Gasteiger partial charge < -0.3 is 14.6 Å². The number of allylic oxidation sites excluding steroid dienone is 1. The molecule has 1 rings (SSSR count). The van der Waals surface area contributed by atoms with E-state index >= 15 is 0 Å². The molecule has 0 aromatic carbocycles. The highest BCUT2D eigenvalue weighted by Gasteiger charge is 2.34. The number of aliphatic hydroxyl groups excluding tert-OH is 1. The monoisotopic (exact) mass is 394 g/mol. The number of methoxy groups -OCH3 is 2. The van der Waals surface area contributed by atoms with Crippen molar-refractivity contribution in [2.45, 2.75) is 44.9 Å². The van der Waals surface area contributed by atoms with E-state index in [-0.39, 0.29) is 12.0 Å². The Labute approximate surface area is 134 Å². The third kappa shape index (κ3) is 4.44. The van der Waals surface area contributed by atoms with Crippen LogP contribution in [0, 0.1) is 5.92 Å². The Bertz CT molecular complexity index is 394. The van der Waals surface area contributed by atoms with Crippen molar-refractivity contribution >= 4 is 34.4 Å². The van der Waals surface area contributed by atoms with E-state index in [4.69, 9.17) is 9.47 Å². The molecule has 0 bridgehead atoms. The summed E-state index contributed by atoms with van der Waals surface area (Å²) in [5.41, 5.74) is 0. The minimum Gasteiger partial charge on any atom is -0.483 e. The van der Waals surface area contributed by atoms with E-state index in [2.05, 4.69) is 46.4 Å². The predicted octanol–water partition coefficient (Wildman–Crippen LogP) is 2.57. The van der Waals surface area contributed by atoms with Gasteiger partial charge in [0.15, 0.2) is 6.04 Å². The van der Waals surface area contributed by atoms with E-state index < -0.39 is 12.1 Å². The maximum absolute atomic E-state index is 10.3. The molecule has 0 saturated heterocycles. The molecule has 0 aliphatic carbocycles. The molecule has 1 unspecified atom stereocenters. The smallest absolute Gasteiger partial charge is 0.212 e. The maximum atomic E-state index is 10.3. The molecule has 5 nitrogen and oxygen atoms in total. The van der Waals surface area contributed by atoms with Gasteiger partial charge in [-0.05, 0) is 22.8 Å². The summed E-state index contributed by atoms with van der Waals surface area (Å²) in [6, 6.07) is -0.625. The van der Waals surface area contributed by atoms with Crippen LogP contribution in [-0.4, -0.2) is 49.3 Å². The molecule has 1 aliphatic heterocycles. The molecule has 3 atom stereocenters. The van der Waals surface area contributed by atoms with Crippen molar-refractivity contribution < 1.29 is 14.6 Å². The molecule has 0 radical (unpaired) electrons. The lowest BCUT2D eigenvalue weighted by Crippen LogP contribution is -2.42. The van der Waals surface area contributed by atoms with Crippen molar-refractivity contribution in [2.24, 2.45) is 15.9 Å². The van der Waals surface area contributed by atoms with E-state index in [1.54, 1.807) is 14.2 Å². The van der Waals surface area contributed by atoms with Crippen molar-refractivity contribution in [3.63, 3.8) is 0 Å². The minimum atomic E-state index is -0.625. The molecule has 0 amide bonds. The van der Waals surface area contributed by atoms with Gasteiger partial charge in [-0.15, -0.1) is 0 Å². The van der Waals surface area contributed by atoms with Crippen molar-refractivity contribution in [1.29, 1.82) is 0 Å². The second kappa shape index (κ2) is 8.61. The number of rotatable bonds is 5. The number of aliphatic hydroxyl groups is 1. The molecule has 0 fully saturated rings. The lowest BCUT2D eigenvalue weighted by molar-refractivity contribution is 0.145. The third-order valence-corrected chi connectivity index (χ3v) is 3.68. The summed E-state index contributed by atoms with van der Waals surface area (Å²) in [7, 11) is 3.15. The van der Waals surface area contributed by atoms with Gasteiger partial charge in [0, 0.05) is 0 Å². The van der Waals surface area contributed by atoms with Crippen molar-refractivity contribution in [2.75, 3.05) is 14.2 Å². The van der Waals surface area contributed by atoms with Crippen LogP contribution < -0.4 is 0 Å². The van der Waals surface area contributed by atoms with E-state index in [1.165, 1.54) is 0 Å². The van der Waals surface area contributed by atoms with Crippen LogP contribution in [0.2, 0.25) is 0 Å². The quantitative estimate of drug-likeness (QED) is 0.730. The highest BCUT2D eigenvalue weighted by Crippen LogP contribution is 2.20. The average Bonchev–Trinajstić information content (AvgIpc) is 2.45. The van der Waals surface area contributed by atoms with Crippen LogP contribution in [0.4, 0.5) is 0 Å². The van der Waals surface area contributed by atoms with Crippen LogP contribution in [0.3, 0.4) is 0 Å². The summed E-state index contributed by atoms with van der Waals surface area (Å²) >= 11 is 2.16. The van der Waals surface area contributed by atoms with Gasteiger partial charge in [0.25, 0.3) is 0 Å². The number of aliphatic imine (C=N–C) groups is 2. The molecule has 0 saturated carbocycles. The zero-order valence-corrected chi connectivity index (χ0v) is 14.6. The lowest BCUT2D eigenvalue weighted by Gasteiger charge is -2.29. The topological polar surface area (TPSA) is 63.4 Å². The van der Waals surface area contributed by atoms with Gasteiger partial charge in [-0.25, -0.2) is 9.98 Å². The van der Waals surface area contributed by atoms with Crippen LogP contribution in [0.15, 0.2) is 20.1 Å². The summed E-state index contributed by atoms with van der Waals surface area (Å²) < 4.78 is 12.6. The number of halogens is 1. The standard InChI is InChI=1S/C14H23IN2O3/c1-9(2)11-13(19-3)17-12(14(16-11)20-4)10(18)7-5-6-8-15/h6,8-12,18H,5,7H2,1-4H3/b8-6+/t10?,11-,12+/m1/s1. The zero-order valence-electron chi connectivity index (χ0n) is 12.4. The van der Waals surface area contributed by atoms with E-state index in [0.717, 1.165) is 6.42 Å². The van der Waals surface area contributed by atoms with Gasteiger partial charge in [0.1, 0.15) is 6.04 Å². The molecule has 6 heteroatoms. The molecular formula is C14H23IN2O3. The Kier molecular flexibility index (Phi) is 7.50. The number of hydrogen-bond acceptors (Lipinski definition) is 5. The van der Waals surface area contributed by atoms with Gasteiger partial charge in [-0.3, -0.25) is 0 Å². The molecule has 0 aromatic rings. The van der Waals surface area contributed by atoms with Gasteiger partial charge in [0.2, 0.25) is 11.8 Å². The second-order valence-corrected chi connectivity index (χ2v) is 5.70. The Morgan fingerprint density at radius 1 is 1.20 bits per heavy atom. The highest BCUT2D eigenvalue weighted by molar-refractivity contribution is 14.1. The second-order valence-electron chi connectivity index (χ2n) is 4.98. The molecule has 1 N–H and O–H groups in total. The Balaban J connectivity index is 2.88. The minimum absolute atomic E-state index is 0.146. The summed E-state index contributed by atoms with van der Waals surface area (Å²) in [5, 5.41) is 10.3. The predicted molar refractivity (Wildman–Crippen MR) is 89.7 cm³/mol. The summed E-state index contributed by atoms with van der Waals surface area (Å²) in [4.78, 5) is 9.04. The lowest BCUT2D eigenvalue weighted by atomic mass is 10.00. The van der Waals surface area contributed by atoms with E-state index in [1.807, 2.05) is 10.2 Å². The van der Waals surface area contributed by atoms with E-state index in [0.29, 0.717) is 18.2 Å². The van der Waals surface area contributed by atoms with Crippen LogP contribution >= 0.6 is 22.6 Å². The fourth-order valence-electron chi connectivity index (χ4n) is 2.06. The fourth-order valence-corrected chi connectivity index (χ4v) is 2.42. The Morgan fingerprint density at radius 3 is 2.25 bits per heavy atom. The fraction of sp³-hybridized carbons (Fsp3) is 0.714. The molecule has 1 aliphatic rings. The molecule has 20 heavy (non-hydrogen) atoms. The van der Waals surface area contributed by atoms with Crippen LogP contribution in [-0.2, 0) is 9.47 Å². The van der Waals surface area contributed by atoms with Gasteiger partial charge >= 0.3 is 0 Å². The van der Waals surface area contributed by atoms with Crippen molar-refractivity contribution in [1.82, 2.24) is 0 Å². The molecule has 0 spiro atoms. The zero-order chi connectivity index (χ0) is 15.1. The third-order valence-electron chi connectivity index (χ3n) is 3.17. The molecule has 1 heterocycles. The first kappa shape index (κ1) is 17.4. The van der Waals surface area contributed by atoms with Crippen LogP contribution in [0.1, 0.15) is 26.7 Å². The summed E-state index contributed by atoms with van der Waals surface area (Å²) in [6.45, 7) is 4.11. The molecular weight excluding hydrogens is 371 g/mol. The van der Waals surface area contributed by atoms with E-state index in [9.17, 15) is 5.11 Å². The Hall–Kier alpha value is -0.630. The first-order valence-electron chi connectivity index (χ1n) is 6.71. The summed E-state index contributed by atoms with van der Waals surface area (Å²) in [5.74, 6) is 1.31. The number of ether oxygens (including phenoxy) is 2. The average molecular weight is 394 g/mol. The van der Waals surface area contributed by atoms with Crippen molar-refractivity contribution in [3.05, 3.63) is 10.2 Å². The summed E-state index contributed by atoms with van der Waals surface area (Å²) in [6.07, 6.45) is 2.79.